The second kappa shape index (κ2) is 4.44. The third-order valence-electron chi connectivity index (χ3n) is 1.97. The Bertz CT molecular complexity index is 465. The number of ether oxygens (including phenoxy) is 1. The Morgan fingerprint density at radius 1 is 1.29 bits per heavy atom. The van der Waals surface area contributed by atoms with Gasteiger partial charge in [0.15, 0.2) is 0 Å². The second-order valence-corrected chi connectivity index (χ2v) is 3.01. The molecular weight excluding hydrogens is 241 g/mol. The van der Waals surface area contributed by atoms with E-state index in [0.717, 1.165) is 19.2 Å². The van der Waals surface area contributed by atoms with Crippen molar-refractivity contribution in [3.8, 4) is 5.75 Å². The zero-order chi connectivity index (χ0) is 13.2. The topological polar surface area (TPSA) is 63.6 Å². The molecule has 0 aliphatic rings. The van der Waals surface area contributed by atoms with Crippen molar-refractivity contribution in [1.29, 1.82) is 0 Å². The molecule has 0 aliphatic heterocycles. The van der Waals surface area contributed by atoms with Gasteiger partial charge in [-0.1, -0.05) is 6.07 Å². The van der Waals surface area contributed by atoms with E-state index in [1.807, 2.05) is 0 Å². The first-order chi connectivity index (χ1) is 7.79. The molecule has 0 spiro atoms. The fourth-order valence-corrected chi connectivity index (χ4v) is 1.28. The summed E-state index contributed by atoms with van der Waals surface area (Å²) in [4.78, 5) is 21.7. The van der Waals surface area contributed by atoms with Crippen LogP contribution in [0.3, 0.4) is 0 Å². The lowest BCUT2D eigenvalue weighted by molar-refractivity contribution is -0.138. The lowest BCUT2D eigenvalue weighted by Crippen LogP contribution is -2.20. The second-order valence-electron chi connectivity index (χ2n) is 3.01. The molecule has 0 unspecified atom stereocenters. The molecule has 0 saturated carbocycles. The van der Waals surface area contributed by atoms with Crippen molar-refractivity contribution >= 4 is 11.8 Å². The van der Waals surface area contributed by atoms with Crippen LogP contribution in [0.5, 0.6) is 5.75 Å². The summed E-state index contributed by atoms with van der Waals surface area (Å²) < 4.78 is 42.3. The van der Waals surface area contributed by atoms with Crippen LogP contribution in [0.4, 0.5) is 13.2 Å². The molecule has 0 aliphatic carbocycles. The van der Waals surface area contributed by atoms with Crippen molar-refractivity contribution in [2.24, 2.45) is 0 Å². The molecule has 1 aromatic rings. The third kappa shape index (κ3) is 2.55. The van der Waals surface area contributed by atoms with Crippen LogP contribution in [0, 0.1) is 0 Å². The van der Waals surface area contributed by atoms with E-state index in [1.165, 1.54) is 0 Å². The Morgan fingerprint density at radius 2 is 1.88 bits per heavy atom. The Kier molecular flexibility index (Phi) is 3.40. The molecule has 0 atom stereocenters. The van der Waals surface area contributed by atoms with E-state index in [9.17, 15) is 22.8 Å². The van der Waals surface area contributed by atoms with E-state index in [-0.39, 0.29) is 0 Å². The van der Waals surface area contributed by atoms with Crippen molar-refractivity contribution in [3.05, 3.63) is 29.3 Å². The fourth-order valence-electron chi connectivity index (χ4n) is 1.28. The van der Waals surface area contributed by atoms with Gasteiger partial charge in [-0.3, -0.25) is 4.79 Å². The maximum Gasteiger partial charge on any atom is 0.417 e. The van der Waals surface area contributed by atoms with E-state index in [4.69, 9.17) is 5.11 Å². The first kappa shape index (κ1) is 13.0. The molecule has 0 amide bonds. The van der Waals surface area contributed by atoms with Gasteiger partial charge in [-0.25, -0.2) is 4.79 Å². The predicted molar refractivity (Wildman–Crippen MR) is 50.0 cm³/mol. The Hall–Kier alpha value is -2.05. The molecule has 1 aromatic carbocycles. The van der Waals surface area contributed by atoms with Gasteiger partial charge >= 0.3 is 12.1 Å². The summed E-state index contributed by atoms with van der Waals surface area (Å²) in [5, 5.41) is 8.47. The van der Waals surface area contributed by atoms with Gasteiger partial charge in [-0.05, 0) is 12.1 Å². The minimum absolute atomic E-state index is 0.424. The summed E-state index contributed by atoms with van der Waals surface area (Å²) in [6.45, 7) is 0. The number of Topliss-reactive ketones (excluding diaryl/α,β-unsaturated/α-hetero) is 1. The minimum atomic E-state index is -4.82. The molecular formula is C10H7F3O4. The number of carbonyl (C=O) groups is 2. The van der Waals surface area contributed by atoms with Gasteiger partial charge in [-0.15, -0.1) is 0 Å². The van der Waals surface area contributed by atoms with E-state index in [1.54, 1.807) is 0 Å². The number of carbonyl (C=O) groups excluding carboxylic acids is 1. The normalized spacial score (nSPS) is 11.1. The molecule has 1 rings (SSSR count). The third-order valence-corrected chi connectivity index (χ3v) is 1.97. The lowest BCUT2D eigenvalue weighted by atomic mass is 10.0. The number of ketones is 1. The van der Waals surface area contributed by atoms with Crippen LogP contribution in [-0.2, 0) is 11.0 Å². The largest absolute Gasteiger partial charge is 0.496 e. The van der Waals surface area contributed by atoms with Crippen molar-refractivity contribution < 1.29 is 32.6 Å². The van der Waals surface area contributed by atoms with Crippen LogP contribution in [0.2, 0.25) is 0 Å². The first-order valence-electron chi connectivity index (χ1n) is 4.31. The van der Waals surface area contributed by atoms with Crippen LogP contribution in [0.15, 0.2) is 18.2 Å². The van der Waals surface area contributed by atoms with Crippen LogP contribution in [-0.4, -0.2) is 24.0 Å². The highest BCUT2D eigenvalue weighted by Crippen LogP contribution is 2.36. The van der Waals surface area contributed by atoms with Crippen molar-refractivity contribution in [3.63, 3.8) is 0 Å². The average molecular weight is 248 g/mol. The van der Waals surface area contributed by atoms with Gasteiger partial charge in [0.2, 0.25) is 0 Å². The van der Waals surface area contributed by atoms with Crippen LogP contribution >= 0.6 is 0 Å². The molecule has 92 valence electrons. The van der Waals surface area contributed by atoms with E-state index in [0.29, 0.717) is 6.07 Å². The monoisotopic (exact) mass is 248 g/mol. The van der Waals surface area contributed by atoms with Crippen LogP contribution < -0.4 is 4.74 Å². The average Bonchev–Trinajstić information content (AvgIpc) is 2.25. The summed E-state index contributed by atoms with van der Waals surface area (Å²) in [5.41, 5.74) is -2.32. The number of rotatable bonds is 3. The SMILES string of the molecule is COc1cccc(C(F)(F)F)c1C(=O)C(=O)O. The van der Waals surface area contributed by atoms with Gasteiger partial charge in [-0.2, -0.15) is 13.2 Å². The Balaban J connectivity index is 3.52. The van der Waals surface area contributed by atoms with Crippen molar-refractivity contribution in [2.45, 2.75) is 6.18 Å². The zero-order valence-corrected chi connectivity index (χ0v) is 8.54. The smallest absolute Gasteiger partial charge is 0.417 e. The maximum atomic E-state index is 12.6. The number of halogens is 3. The summed E-state index contributed by atoms with van der Waals surface area (Å²) >= 11 is 0. The molecule has 0 saturated heterocycles. The lowest BCUT2D eigenvalue weighted by Gasteiger charge is -2.13. The Labute approximate surface area is 93.6 Å². The molecule has 4 nitrogen and oxygen atoms in total. The number of carboxylic acids is 1. The number of carboxylic acid groups (broad SMARTS) is 1. The van der Waals surface area contributed by atoms with Crippen LogP contribution in [0.1, 0.15) is 15.9 Å². The van der Waals surface area contributed by atoms with Crippen molar-refractivity contribution in [2.75, 3.05) is 7.11 Å². The summed E-state index contributed by atoms with van der Waals surface area (Å²) in [5.74, 6) is -4.05. The highest BCUT2D eigenvalue weighted by molar-refractivity contribution is 6.41. The summed E-state index contributed by atoms with van der Waals surface area (Å²) in [6.07, 6.45) is -4.82. The van der Waals surface area contributed by atoms with E-state index >= 15 is 0 Å². The minimum Gasteiger partial charge on any atom is -0.496 e. The number of alkyl halides is 3. The fraction of sp³-hybridized carbons (Fsp3) is 0.200. The van der Waals surface area contributed by atoms with Gasteiger partial charge in [0.1, 0.15) is 5.75 Å². The molecule has 0 aromatic heterocycles. The quantitative estimate of drug-likeness (QED) is 0.656. The summed E-state index contributed by atoms with van der Waals surface area (Å²) in [7, 11) is 1.05. The molecule has 0 heterocycles. The maximum absolute atomic E-state index is 12.6. The van der Waals surface area contributed by atoms with Gasteiger partial charge < -0.3 is 9.84 Å². The highest BCUT2D eigenvalue weighted by Gasteiger charge is 2.38. The molecule has 0 fully saturated rings. The zero-order valence-electron chi connectivity index (χ0n) is 8.54. The first-order valence-corrected chi connectivity index (χ1v) is 4.31. The number of methoxy groups -OCH3 is 1. The molecule has 17 heavy (non-hydrogen) atoms. The molecule has 0 bridgehead atoms. The van der Waals surface area contributed by atoms with Gasteiger partial charge in [0.05, 0.1) is 18.2 Å². The van der Waals surface area contributed by atoms with Crippen molar-refractivity contribution in [1.82, 2.24) is 0 Å². The summed E-state index contributed by atoms with van der Waals surface area (Å²) in [6, 6.07) is 2.74. The van der Waals surface area contributed by atoms with Gasteiger partial charge in [0.25, 0.3) is 5.78 Å². The molecule has 7 heteroatoms. The molecule has 1 N–H and O–H groups in total. The van der Waals surface area contributed by atoms with Gasteiger partial charge in [0, 0.05) is 0 Å². The van der Waals surface area contributed by atoms with E-state index < -0.39 is 34.8 Å². The predicted octanol–water partition coefficient (Wildman–Crippen LogP) is 1.98. The number of aliphatic carboxylic acids is 1. The number of hydrogen-bond acceptors (Lipinski definition) is 3. The van der Waals surface area contributed by atoms with E-state index in [2.05, 4.69) is 4.74 Å². The standard InChI is InChI=1S/C10H7F3O4/c1-17-6-4-2-3-5(10(11,12)13)7(6)8(14)9(15)16/h2-4H,1H3,(H,15,16). The number of benzene rings is 1. The Morgan fingerprint density at radius 3 is 2.29 bits per heavy atom. The number of hydrogen-bond donors (Lipinski definition) is 1. The highest BCUT2D eigenvalue weighted by atomic mass is 19.4. The molecule has 0 radical (unpaired) electrons. The van der Waals surface area contributed by atoms with Crippen LogP contribution in [0.25, 0.3) is 0 Å².